The Bertz CT molecular complexity index is 3680. The molecular weight excluding hydrogens is 1080 g/mol. The number of nitrogens with zero attached hydrogens (tertiary/aromatic N) is 12. The molecule has 26 nitrogen and oxygen atoms in total. The van der Waals surface area contributed by atoms with Gasteiger partial charge in [0.15, 0.2) is 11.3 Å². The summed E-state index contributed by atoms with van der Waals surface area (Å²) in [5, 5.41) is 51.1. The third kappa shape index (κ3) is 15.2. The molecular formula is C55H64N16O10S. The minimum Gasteiger partial charge on any atom is -0.460 e. The van der Waals surface area contributed by atoms with Crippen LogP contribution in [-0.2, 0) is 9.84 Å². The molecule has 2 fully saturated rings. The summed E-state index contributed by atoms with van der Waals surface area (Å²) >= 11 is 0. The molecule has 10 rings (SSSR count). The second kappa shape index (κ2) is 26.0. The number of likely N-dealkylation sites (tertiary alicyclic amines) is 2. The number of sulfone groups is 1. The SMILES string of the molecule is CC(C)c1cnn2c(Nc3cccc(NC(=O)c4ccc([N+](=O)[O-])cc4)c3)nc(OC3CCN(C)CC3)nc12.CC(C)c1cnn2c(Nc3cccc(NC(=O)c4ccc([N+](=O)[O-])cc4)c3)nc(S(C)(=O)=O)nc12.CN1CCC(O)CC1. The molecule has 8 aromatic rings. The fourth-order valence-corrected chi connectivity index (χ4v) is 9.18. The number of carbonyl (C=O) groups excluding carboxylic acids is 2. The molecule has 0 spiro atoms. The van der Waals surface area contributed by atoms with Gasteiger partial charge in [0.25, 0.3) is 28.3 Å². The van der Waals surface area contributed by atoms with Crippen molar-refractivity contribution in [3.05, 3.63) is 152 Å². The van der Waals surface area contributed by atoms with Crippen LogP contribution in [0.15, 0.2) is 115 Å². The lowest BCUT2D eigenvalue weighted by molar-refractivity contribution is -0.385. The maximum absolute atomic E-state index is 12.7. The predicted molar refractivity (Wildman–Crippen MR) is 308 cm³/mol. The van der Waals surface area contributed by atoms with E-state index >= 15 is 0 Å². The van der Waals surface area contributed by atoms with Gasteiger partial charge in [-0.15, -0.1) is 0 Å². The number of carbonyl (C=O) groups is 2. The minimum absolute atomic E-state index is 0.0220. The monoisotopic (exact) mass is 1140 g/mol. The molecule has 2 saturated heterocycles. The molecule has 0 radical (unpaired) electrons. The number of ether oxygens (including phenoxy) is 1. The fraction of sp³-hybridized carbons (Fsp3) is 0.345. The topological polar surface area (TPSA) is 325 Å². The molecule has 4 aromatic heterocycles. The third-order valence-corrected chi connectivity index (χ3v) is 14.2. The molecule has 0 bridgehead atoms. The Balaban J connectivity index is 0.000000190. The van der Waals surface area contributed by atoms with E-state index < -0.39 is 25.6 Å². The molecule has 0 saturated carbocycles. The number of hydrogen-bond donors (Lipinski definition) is 5. The number of aromatic nitrogens is 8. The van der Waals surface area contributed by atoms with E-state index in [-0.39, 0.29) is 58.0 Å². The largest absolute Gasteiger partial charge is 0.460 e. The van der Waals surface area contributed by atoms with Crippen molar-refractivity contribution < 1.29 is 37.7 Å². The van der Waals surface area contributed by atoms with Gasteiger partial charge in [-0.25, -0.2) is 8.42 Å². The first-order valence-corrected chi connectivity index (χ1v) is 28.3. The van der Waals surface area contributed by atoms with Crippen molar-refractivity contribution >= 4 is 79.0 Å². The van der Waals surface area contributed by atoms with E-state index in [0.29, 0.717) is 51.6 Å². The molecule has 2 aliphatic heterocycles. The molecule has 0 unspecified atom stereocenters. The van der Waals surface area contributed by atoms with Crippen LogP contribution in [-0.4, -0.2) is 143 Å². The zero-order chi connectivity index (χ0) is 58.8. The number of fused-ring (bicyclic) bond motifs is 2. The van der Waals surface area contributed by atoms with Crippen molar-refractivity contribution in [1.29, 1.82) is 0 Å². The highest BCUT2D eigenvalue weighted by atomic mass is 32.2. The number of rotatable bonds is 15. The number of non-ortho nitro benzene ring substituents is 2. The lowest BCUT2D eigenvalue weighted by Gasteiger charge is -2.28. The summed E-state index contributed by atoms with van der Waals surface area (Å²) in [6, 6.07) is 24.8. The molecule has 4 aromatic carbocycles. The van der Waals surface area contributed by atoms with Crippen molar-refractivity contribution in [1.82, 2.24) is 49.0 Å². The predicted octanol–water partition coefficient (Wildman–Crippen LogP) is 8.25. The fourth-order valence-electron chi connectivity index (χ4n) is 8.68. The summed E-state index contributed by atoms with van der Waals surface area (Å²) < 4.78 is 33.7. The van der Waals surface area contributed by atoms with Gasteiger partial charge < -0.3 is 40.9 Å². The van der Waals surface area contributed by atoms with Gasteiger partial charge in [-0.2, -0.15) is 39.2 Å². The van der Waals surface area contributed by atoms with E-state index in [2.05, 4.69) is 84.2 Å². The van der Waals surface area contributed by atoms with E-state index in [1.165, 1.54) is 53.0 Å². The van der Waals surface area contributed by atoms with Crippen LogP contribution in [0.4, 0.5) is 46.0 Å². The van der Waals surface area contributed by atoms with Gasteiger partial charge in [0.05, 0.1) is 28.3 Å². The van der Waals surface area contributed by atoms with E-state index in [1.54, 1.807) is 59.4 Å². The highest BCUT2D eigenvalue weighted by Crippen LogP contribution is 2.29. The van der Waals surface area contributed by atoms with Crippen molar-refractivity contribution in [2.45, 2.75) is 82.6 Å². The highest BCUT2D eigenvalue weighted by molar-refractivity contribution is 7.90. The van der Waals surface area contributed by atoms with Gasteiger partial charge in [-0.05, 0) is 112 Å². The van der Waals surface area contributed by atoms with E-state index in [4.69, 9.17) is 14.8 Å². The van der Waals surface area contributed by atoms with Gasteiger partial charge in [0.1, 0.15) is 6.10 Å². The van der Waals surface area contributed by atoms with E-state index in [0.717, 1.165) is 69.2 Å². The highest BCUT2D eigenvalue weighted by Gasteiger charge is 2.24. The number of nitro benzene ring substituents is 2. The molecule has 430 valence electrons. The van der Waals surface area contributed by atoms with Crippen LogP contribution in [0.2, 0.25) is 0 Å². The van der Waals surface area contributed by atoms with Gasteiger partial charge in [0, 0.05) is 102 Å². The minimum atomic E-state index is -3.70. The van der Waals surface area contributed by atoms with Gasteiger partial charge in [-0.3, -0.25) is 29.8 Å². The molecule has 2 amide bonds. The molecule has 0 aliphatic carbocycles. The van der Waals surface area contributed by atoms with Crippen LogP contribution in [0.25, 0.3) is 11.3 Å². The summed E-state index contributed by atoms with van der Waals surface area (Å²) in [6.07, 6.45) is 8.18. The van der Waals surface area contributed by atoms with Crippen LogP contribution in [0, 0.1) is 20.2 Å². The first-order valence-electron chi connectivity index (χ1n) is 26.4. The van der Waals surface area contributed by atoms with Crippen LogP contribution < -0.4 is 26.0 Å². The van der Waals surface area contributed by atoms with Crippen LogP contribution in [0.3, 0.4) is 0 Å². The molecule has 2 aliphatic rings. The average molecular weight is 1140 g/mol. The maximum atomic E-state index is 12.7. The number of benzene rings is 4. The molecule has 6 heterocycles. The first kappa shape index (κ1) is 59.1. The average Bonchev–Trinajstić information content (AvgIpc) is 4.25. The molecule has 27 heteroatoms. The van der Waals surface area contributed by atoms with Crippen molar-refractivity contribution in [3.8, 4) is 6.01 Å². The van der Waals surface area contributed by atoms with Crippen LogP contribution >= 0.6 is 0 Å². The van der Waals surface area contributed by atoms with Crippen molar-refractivity contribution in [2.24, 2.45) is 0 Å². The number of nitrogens with one attached hydrogen (secondary N) is 4. The maximum Gasteiger partial charge on any atom is 0.322 e. The van der Waals surface area contributed by atoms with Gasteiger partial charge in [0.2, 0.25) is 21.7 Å². The number of piperidine rings is 2. The van der Waals surface area contributed by atoms with Crippen molar-refractivity contribution in [2.75, 3.05) is 67.8 Å². The number of amides is 2. The van der Waals surface area contributed by atoms with E-state index in [9.17, 15) is 38.2 Å². The lowest BCUT2D eigenvalue weighted by atomic mass is 10.1. The zero-order valence-corrected chi connectivity index (χ0v) is 47.1. The van der Waals surface area contributed by atoms with Gasteiger partial charge in [-0.1, -0.05) is 39.8 Å². The number of anilines is 6. The standard InChI is InChI=1S/C27H30N8O4.C22H21N7O5S.C6H13NO/c1-17(2)23-16-28-34-24(23)31-27(39-22-11-13-33(3)14-12-22)32-26(34)30-20-6-4-5-19(15-20)29-25(36)18-7-9-21(10-8-18)35(37)38;1-13(2)18-12-23-28-19(18)26-22(35(3,33)34)27-21(28)25-16-6-4-5-15(11-16)24-20(30)14-7-9-17(10-8-14)29(31)32;1-7-4-2-6(8)3-5-7/h4-10,15-17,22H,11-14H2,1-3H3,(H,29,36)(H,30,31,32);4-13H,1-3H3,(H,24,30)(H,25,26,27);6,8H,2-5H2,1H3. The Morgan fingerprint density at radius 3 is 1.45 bits per heavy atom. The Labute approximate surface area is 472 Å². The number of nitro groups is 2. The second-order valence-corrected chi connectivity index (χ2v) is 22.4. The summed E-state index contributed by atoms with van der Waals surface area (Å²) in [5.74, 6) is 0.0123. The Morgan fingerprint density at radius 1 is 0.622 bits per heavy atom. The zero-order valence-electron chi connectivity index (χ0n) is 46.3. The van der Waals surface area contributed by atoms with E-state index in [1.807, 2.05) is 19.9 Å². The van der Waals surface area contributed by atoms with Gasteiger partial charge >= 0.3 is 6.01 Å². The number of aliphatic hydroxyl groups excluding tert-OH is 1. The summed E-state index contributed by atoms with van der Waals surface area (Å²) in [5.41, 5.74) is 5.33. The molecule has 82 heavy (non-hydrogen) atoms. The Hall–Kier alpha value is -9.05. The quantitative estimate of drug-likeness (QED) is 0.0476. The number of hydrogen-bond acceptors (Lipinski definition) is 20. The lowest BCUT2D eigenvalue weighted by Crippen LogP contribution is -2.36. The third-order valence-electron chi connectivity index (χ3n) is 13.4. The number of aliphatic hydroxyl groups is 1. The molecule has 0 atom stereocenters. The van der Waals surface area contributed by atoms with Crippen LogP contribution in [0.1, 0.15) is 97.1 Å². The first-order chi connectivity index (χ1) is 39.1. The molecule has 5 N–H and O–H groups in total. The normalized spacial score (nSPS) is 14.4. The summed E-state index contributed by atoms with van der Waals surface area (Å²) in [4.78, 5) is 68.1. The summed E-state index contributed by atoms with van der Waals surface area (Å²) in [7, 11) is 0.496. The second-order valence-electron chi connectivity index (χ2n) is 20.5. The van der Waals surface area contributed by atoms with Crippen LogP contribution in [0.5, 0.6) is 6.01 Å². The smallest absolute Gasteiger partial charge is 0.322 e. The Morgan fingerprint density at radius 2 is 1.04 bits per heavy atom. The van der Waals surface area contributed by atoms with Crippen molar-refractivity contribution in [3.63, 3.8) is 0 Å². The Kier molecular flexibility index (Phi) is 18.8. The summed E-state index contributed by atoms with van der Waals surface area (Å²) in [6.45, 7) is 12.1.